The third-order valence-electron chi connectivity index (χ3n) is 3.74. The first-order valence-electron chi connectivity index (χ1n) is 7.25. The zero-order valence-corrected chi connectivity index (χ0v) is 12.9. The van der Waals surface area contributed by atoms with Crippen LogP contribution in [0.5, 0.6) is 0 Å². The first-order valence-corrected chi connectivity index (χ1v) is 8.13. The Kier molecular flexibility index (Phi) is 4.34. The number of nitrogens with zero attached hydrogens (tertiary/aromatic N) is 2. The third kappa shape index (κ3) is 2.85. The SMILES string of the molecule is CCCn1ccnc1CC(NN)c1csc2ccccc12. The first-order chi connectivity index (χ1) is 10.3. The average molecular weight is 300 g/mol. The molecule has 0 aliphatic rings. The summed E-state index contributed by atoms with van der Waals surface area (Å²) in [6.07, 6.45) is 5.80. The Morgan fingerprint density at radius 3 is 3.05 bits per heavy atom. The molecule has 1 atom stereocenters. The van der Waals surface area contributed by atoms with Gasteiger partial charge >= 0.3 is 0 Å². The topological polar surface area (TPSA) is 55.9 Å². The number of hydrogen-bond donors (Lipinski definition) is 2. The molecule has 0 spiro atoms. The van der Waals surface area contributed by atoms with Crippen LogP contribution in [0.4, 0.5) is 0 Å². The van der Waals surface area contributed by atoms with E-state index in [2.05, 4.69) is 51.5 Å². The average Bonchev–Trinajstić information content (AvgIpc) is 3.12. The summed E-state index contributed by atoms with van der Waals surface area (Å²) < 4.78 is 3.50. The number of fused-ring (bicyclic) bond motifs is 1. The second-order valence-electron chi connectivity index (χ2n) is 5.15. The molecule has 0 amide bonds. The number of rotatable bonds is 6. The minimum atomic E-state index is 0.0826. The van der Waals surface area contributed by atoms with E-state index in [-0.39, 0.29) is 6.04 Å². The van der Waals surface area contributed by atoms with Crippen LogP contribution in [0.25, 0.3) is 10.1 Å². The molecule has 2 heterocycles. The van der Waals surface area contributed by atoms with Crippen LogP contribution >= 0.6 is 11.3 Å². The van der Waals surface area contributed by atoms with Crippen LogP contribution < -0.4 is 11.3 Å². The normalized spacial score (nSPS) is 12.9. The maximum absolute atomic E-state index is 5.81. The summed E-state index contributed by atoms with van der Waals surface area (Å²) >= 11 is 1.76. The quantitative estimate of drug-likeness (QED) is 0.543. The number of hydrazine groups is 1. The maximum Gasteiger partial charge on any atom is 0.110 e. The van der Waals surface area contributed by atoms with Crippen LogP contribution in [0.2, 0.25) is 0 Å². The molecule has 3 rings (SSSR count). The molecule has 0 aliphatic carbocycles. The van der Waals surface area contributed by atoms with E-state index in [0.29, 0.717) is 0 Å². The zero-order valence-electron chi connectivity index (χ0n) is 12.1. The van der Waals surface area contributed by atoms with Crippen LogP contribution in [0.15, 0.2) is 42.0 Å². The van der Waals surface area contributed by atoms with Crippen LogP contribution in [-0.4, -0.2) is 9.55 Å². The summed E-state index contributed by atoms with van der Waals surface area (Å²) in [4.78, 5) is 4.48. The molecule has 1 aromatic carbocycles. The second-order valence-corrected chi connectivity index (χ2v) is 6.06. The van der Waals surface area contributed by atoms with Crippen LogP contribution in [0, 0.1) is 0 Å². The Bertz CT molecular complexity index is 716. The van der Waals surface area contributed by atoms with Gasteiger partial charge in [0.1, 0.15) is 5.82 Å². The molecule has 3 N–H and O–H groups in total. The summed E-state index contributed by atoms with van der Waals surface area (Å²) in [5.74, 6) is 6.89. The Labute approximate surface area is 128 Å². The van der Waals surface area contributed by atoms with Gasteiger partial charge in [0.25, 0.3) is 0 Å². The van der Waals surface area contributed by atoms with Gasteiger partial charge in [0.15, 0.2) is 0 Å². The van der Waals surface area contributed by atoms with Crippen molar-refractivity contribution in [1.82, 2.24) is 15.0 Å². The van der Waals surface area contributed by atoms with Crippen molar-refractivity contribution in [3.05, 3.63) is 53.4 Å². The number of nitrogens with one attached hydrogen (secondary N) is 1. The molecular formula is C16H20N4S. The molecule has 3 aromatic rings. The van der Waals surface area contributed by atoms with E-state index in [1.54, 1.807) is 11.3 Å². The van der Waals surface area contributed by atoms with Gasteiger partial charge in [-0.1, -0.05) is 25.1 Å². The summed E-state index contributed by atoms with van der Waals surface area (Å²) in [6, 6.07) is 8.53. The van der Waals surface area contributed by atoms with Crippen molar-refractivity contribution in [3.63, 3.8) is 0 Å². The van der Waals surface area contributed by atoms with E-state index in [1.165, 1.54) is 15.6 Å². The van der Waals surface area contributed by atoms with Crippen molar-refractivity contribution >= 4 is 21.4 Å². The highest BCUT2D eigenvalue weighted by Crippen LogP contribution is 2.31. The molecule has 4 nitrogen and oxygen atoms in total. The van der Waals surface area contributed by atoms with Crippen molar-refractivity contribution in [2.45, 2.75) is 32.4 Å². The van der Waals surface area contributed by atoms with E-state index >= 15 is 0 Å². The maximum atomic E-state index is 5.81. The Balaban J connectivity index is 1.90. The standard InChI is InChI=1S/C16H20N4S/c1-2-8-20-9-7-18-16(20)10-14(19-17)13-11-21-15-6-4-3-5-12(13)15/h3-7,9,11,14,19H,2,8,10,17H2,1H3. The van der Waals surface area contributed by atoms with E-state index in [4.69, 9.17) is 5.84 Å². The van der Waals surface area contributed by atoms with E-state index in [9.17, 15) is 0 Å². The molecule has 0 aliphatic heterocycles. The lowest BCUT2D eigenvalue weighted by atomic mass is 10.0. The number of nitrogens with two attached hydrogens (primary N) is 1. The fourth-order valence-electron chi connectivity index (χ4n) is 2.68. The molecule has 0 saturated carbocycles. The Morgan fingerprint density at radius 1 is 1.38 bits per heavy atom. The van der Waals surface area contributed by atoms with Gasteiger partial charge in [0.2, 0.25) is 0 Å². The van der Waals surface area contributed by atoms with Crippen LogP contribution in [-0.2, 0) is 13.0 Å². The summed E-state index contributed by atoms with van der Waals surface area (Å²) in [5.41, 5.74) is 4.21. The molecule has 1 unspecified atom stereocenters. The highest BCUT2D eigenvalue weighted by atomic mass is 32.1. The van der Waals surface area contributed by atoms with Gasteiger partial charge in [-0.25, -0.2) is 4.98 Å². The number of thiophene rings is 1. The largest absolute Gasteiger partial charge is 0.335 e. The number of benzene rings is 1. The van der Waals surface area contributed by atoms with Crippen molar-refractivity contribution in [1.29, 1.82) is 0 Å². The summed E-state index contributed by atoms with van der Waals surface area (Å²) in [7, 11) is 0. The molecule has 0 radical (unpaired) electrons. The lowest BCUT2D eigenvalue weighted by molar-refractivity contribution is 0.520. The fraction of sp³-hybridized carbons (Fsp3) is 0.312. The lowest BCUT2D eigenvalue weighted by Crippen LogP contribution is -2.30. The monoisotopic (exact) mass is 300 g/mol. The smallest absolute Gasteiger partial charge is 0.110 e. The minimum Gasteiger partial charge on any atom is -0.335 e. The number of aryl methyl sites for hydroxylation is 1. The number of aromatic nitrogens is 2. The van der Waals surface area contributed by atoms with Gasteiger partial charge in [0, 0.05) is 30.1 Å². The summed E-state index contributed by atoms with van der Waals surface area (Å²) in [5, 5.41) is 3.47. The van der Waals surface area contributed by atoms with Crippen molar-refractivity contribution < 1.29 is 0 Å². The summed E-state index contributed by atoms with van der Waals surface area (Å²) in [6.45, 7) is 3.17. The zero-order chi connectivity index (χ0) is 14.7. The van der Waals surface area contributed by atoms with Crippen molar-refractivity contribution in [3.8, 4) is 0 Å². The highest BCUT2D eigenvalue weighted by molar-refractivity contribution is 7.17. The van der Waals surface area contributed by atoms with Gasteiger partial charge < -0.3 is 4.57 Å². The van der Waals surface area contributed by atoms with Gasteiger partial charge in [0.05, 0.1) is 6.04 Å². The Hall–Kier alpha value is -1.69. The minimum absolute atomic E-state index is 0.0826. The van der Waals surface area contributed by atoms with E-state index < -0.39 is 0 Å². The van der Waals surface area contributed by atoms with Crippen molar-refractivity contribution in [2.24, 2.45) is 5.84 Å². The molecule has 2 aromatic heterocycles. The van der Waals surface area contributed by atoms with Crippen molar-refractivity contribution in [2.75, 3.05) is 0 Å². The molecular weight excluding hydrogens is 280 g/mol. The van der Waals surface area contributed by atoms with Gasteiger partial charge in [-0.3, -0.25) is 11.3 Å². The fourth-order valence-corrected chi connectivity index (χ4v) is 3.70. The van der Waals surface area contributed by atoms with Gasteiger partial charge in [-0.2, -0.15) is 0 Å². The molecule has 5 heteroatoms. The third-order valence-corrected chi connectivity index (χ3v) is 4.72. The number of imidazole rings is 1. The van der Waals surface area contributed by atoms with Crippen LogP contribution in [0.1, 0.15) is 30.8 Å². The number of hydrogen-bond acceptors (Lipinski definition) is 4. The lowest BCUT2D eigenvalue weighted by Gasteiger charge is -2.16. The molecule has 0 fully saturated rings. The molecule has 110 valence electrons. The molecule has 0 saturated heterocycles. The Morgan fingerprint density at radius 2 is 2.24 bits per heavy atom. The van der Waals surface area contributed by atoms with E-state index in [0.717, 1.165) is 25.2 Å². The van der Waals surface area contributed by atoms with Gasteiger partial charge in [-0.15, -0.1) is 11.3 Å². The first kappa shape index (κ1) is 14.3. The van der Waals surface area contributed by atoms with E-state index in [1.807, 2.05) is 12.4 Å². The van der Waals surface area contributed by atoms with Gasteiger partial charge in [-0.05, 0) is 28.8 Å². The molecule has 0 bridgehead atoms. The second kappa shape index (κ2) is 6.39. The predicted octanol–water partition coefficient (Wildman–Crippen LogP) is 3.25. The predicted molar refractivity (Wildman–Crippen MR) is 88.1 cm³/mol. The highest BCUT2D eigenvalue weighted by Gasteiger charge is 2.17. The molecule has 21 heavy (non-hydrogen) atoms. The van der Waals surface area contributed by atoms with Crippen LogP contribution in [0.3, 0.4) is 0 Å².